The molecule has 1 saturated heterocycles. The minimum atomic E-state index is -0.180. The van der Waals surface area contributed by atoms with Crippen LogP contribution in [0.5, 0.6) is 5.75 Å². The van der Waals surface area contributed by atoms with E-state index in [1.54, 1.807) is 12.1 Å². The zero-order valence-electron chi connectivity index (χ0n) is 8.89. The SMILES string of the molecule is Nc1ccccc1OCC(=O)N1CCCO1. The monoisotopic (exact) mass is 222 g/mol. The molecule has 0 bridgehead atoms. The highest BCUT2D eigenvalue weighted by molar-refractivity contribution is 5.77. The second-order valence-electron chi connectivity index (χ2n) is 3.51. The van der Waals surface area contributed by atoms with Crippen LogP contribution < -0.4 is 10.5 Å². The molecule has 0 aliphatic carbocycles. The molecule has 86 valence electrons. The zero-order valence-corrected chi connectivity index (χ0v) is 8.89. The standard InChI is InChI=1S/C11H14N2O3/c12-9-4-1-2-5-10(9)15-8-11(14)13-6-3-7-16-13/h1-2,4-5H,3,6-8,12H2. The molecule has 0 radical (unpaired) electrons. The molecule has 1 aliphatic heterocycles. The summed E-state index contributed by atoms with van der Waals surface area (Å²) in [6, 6.07) is 7.08. The van der Waals surface area contributed by atoms with E-state index in [4.69, 9.17) is 15.3 Å². The Morgan fingerprint density at radius 3 is 3.00 bits per heavy atom. The van der Waals surface area contributed by atoms with Gasteiger partial charge in [-0.1, -0.05) is 12.1 Å². The number of benzene rings is 1. The Labute approximate surface area is 93.7 Å². The average Bonchev–Trinajstić information content (AvgIpc) is 2.81. The molecule has 1 aromatic rings. The number of nitrogens with zero attached hydrogens (tertiary/aromatic N) is 1. The Morgan fingerprint density at radius 1 is 1.50 bits per heavy atom. The third-order valence-electron chi connectivity index (χ3n) is 2.30. The van der Waals surface area contributed by atoms with Gasteiger partial charge in [-0.3, -0.25) is 9.63 Å². The summed E-state index contributed by atoms with van der Waals surface area (Å²) in [4.78, 5) is 16.7. The molecule has 0 unspecified atom stereocenters. The third-order valence-corrected chi connectivity index (χ3v) is 2.30. The van der Waals surface area contributed by atoms with Crippen LogP contribution in [-0.4, -0.2) is 30.7 Å². The van der Waals surface area contributed by atoms with E-state index in [0.717, 1.165) is 6.42 Å². The highest BCUT2D eigenvalue weighted by Gasteiger charge is 2.19. The summed E-state index contributed by atoms with van der Waals surface area (Å²) in [6.45, 7) is 1.18. The number of amides is 1. The molecular formula is C11H14N2O3. The van der Waals surface area contributed by atoms with Crippen molar-refractivity contribution in [2.75, 3.05) is 25.5 Å². The highest BCUT2D eigenvalue weighted by Crippen LogP contribution is 2.19. The molecule has 1 aliphatic rings. The number of hydrogen-bond acceptors (Lipinski definition) is 4. The summed E-state index contributed by atoms with van der Waals surface area (Å²) in [5.41, 5.74) is 6.20. The van der Waals surface area contributed by atoms with Crippen molar-refractivity contribution in [3.05, 3.63) is 24.3 Å². The average molecular weight is 222 g/mol. The Morgan fingerprint density at radius 2 is 2.31 bits per heavy atom. The van der Waals surface area contributed by atoms with Gasteiger partial charge in [-0.15, -0.1) is 0 Å². The summed E-state index contributed by atoms with van der Waals surface area (Å²) >= 11 is 0. The van der Waals surface area contributed by atoms with E-state index in [-0.39, 0.29) is 12.5 Å². The maximum Gasteiger partial charge on any atom is 0.283 e. The van der Waals surface area contributed by atoms with Crippen molar-refractivity contribution in [3.63, 3.8) is 0 Å². The molecule has 1 fully saturated rings. The van der Waals surface area contributed by atoms with Crippen molar-refractivity contribution in [2.45, 2.75) is 6.42 Å². The second kappa shape index (κ2) is 4.85. The summed E-state index contributed by atoms with van der Waals surface area (Å²) in [7, 11) is 0. The fourth-order valence-electron chi connectivity index (χ4n) is 1.47. The quantitative estimate of drug-likeness (QED) is 0.769. The first-order valence-electron chi connectivity index (χ1n) is 5.18. The number of nitrogens with two attached hydrogens (primary N) is 1. The van der Waals surface area contributed by atoms with Crippen molar-refractivity contribution < 1.29 is 14.4 Å². The van der Waals surface area contributed by atoms with Crippen molar-refractivity contribution in [1.82, 2.24) is 5.06 Å². The van der Waals surface area contributed by atoms with Crippen LogP contribution in [0.2, 0.25) is 0 Å². The van der Waals surface area contributed by atoms with E-state index in [9.17, 15) is 4.79 Å². The number of carbonyl (C=O) groups is 1. The lowest BCUT2D eigenvalue weighted by Crippen LogP contribution is -2.31. The van der Waals surface area contributed by atoms with E-state index in [1.807, 2.05) is 12.1 Å². The minimum absolute atomic E-state index is 0.0474. The first kappa shape index (κ1) is 10.8. The van der Waals surface area contributed by atoms with Gasteiger partial charge in [0.15, 0.2) is 6.61 Å². The van der Waals surface area contributed by atoms with E-state index in [2.05, 4.69) is 0 Å². The maximum atomic E-state index is 11.6. The molecule has 1 heterocycles. The number of ether oxygens (including phenoxy) is 1. The number of rotatable bonds is 3. The molecule has 0 atom stereocenters. The second-order valence-corrected chi connectivity index (χ2v) is 3.51. The Bertz CT molecular complexity index is 375. The maximum absolute atomic E-state index is 11.6. The lowest BCUT2D eigenvalue weighted by Gasteiger charge is -2.14. The predicted octanol–water partition coefficient (Wildman–Crippen LogP) is 0.811. The number of para-hydroxylation sites is 2. The van der Waals surface area contributed by atoms with E-state index in [0.29, 0.717) is 24.6 Å². The van der Waals surface area contributed by atoms with Crippen LogP contribution in [0.25, 0.3) is 0 Å². The molecular weight excluding hydrogens is 208 g/mol. The molecule has 0 spiro atoms. The van der Waals surface area contributed by atoms with Gasteiger partial charge >= 0.3 is 0 Å². The third kappa shape index (κ3) is 2.43. The molecule has 2 N–H and O–H groups in total. The summed E-state index contributed by atoms with van der Waals surface area (Å²) in [6.07, 6.45) is 0.874. The van der Waals surface area contributed by atoms with Crippen LogP contribution in [-0.2, 0) is 9.63 Å². The topological polar surface area (TPSA) is 64.8 Å². The largest absolute Gasteiger partial charge is 0.482 e. The predicted molar refractivity (Wildman–Crippen MR) is 58.6 cm³/mol. The lowest BCUT2D eigenvalue weighted by molar-refractivity contribution is -0.170. The first-order valence-corrected chi connectivity index (χ1v) is 5.18. The molecule has 0 aromatic heterocycles. The molecule has 16 heavy (non-hydrogen) atoms. The van der Waals surface area contributed by atoms with Gasteiger partial charge in [-0.2, -0.15) is 0 Å². The minimum Gasteiger partial charge on any atom is -0.482 e. The lowest BCUT2D eigenvalue weighted by atomic mass is 10.3. The Kier molecular flexibility index (Phi) is 3.26. The summed E-state index contributed by atoms with van der Waals surface area (Å²) < 4.78 is 5.31. The zero-order chi connectivity index (χ0) is 11.4. The molecule has 1 amide bonds. The number of nitrogen functional groups attached to an aromatic ring is 1. The fourth-order valence-corrected chi connectivity index (χ4v) is 1.47. The summed E-state index contributed by atoms with van der Waals surface area (Å²) in [5, 5.41) is 1.33. The van der Waals surface area contributed by atoms with Gasteiger partial charge in [0.1, 0.15) is 5.75 Å². The van der Waals surface area contributed by atoms with Crippen molar-refractivity contribution in [2.24, 2.45) is 0 Å². The van der Waals surface area contributed by atoms with Gasteiger partial charge in [0.25, 0.3) is 5.91 Å². The van der Waals surface area contributed by atoms with Gasteiger partial charge in [0.2, 0.25) is 0 Å². The molecule has 1 aromatic carbocycles. The highest BCUT2D eigenvalue weighted by atomic mass is 16.7. The van der Waals surface area contributed by atoms with Crippen LogP contribution in [0.15, 0.2) is 24.3 Å². The van der Waals surface area contributed by atoms with Gasteiger partial charge in [-0.05, 0) is 18.6 Å². The number of hydrogen-bond donors (Lipinski definition) is 1. The van der Waals surface area contributed by atoms with Gasteiger partial charge in [-0.25, -0.2) is 5.06 Å². The molecule has 5 heteroatoms. The van der Waals surface area contributed by atoms with Crippen LogP contribution in [0, 0.1) is 0 Å². The first-order chi connectivity index (χ1) is 7.77. The van der Waals surface area contributed by atoms with Crippen molar-refractivity contribution in [1.29, 1.82) is 0 Å². The van der Waals surface area contributed by atoms with Crippen LogP contribution in [0.4, 0.5) is 5.69 Å². The van der Waals surface area contributed by atoms with Crippen LogP contribution in [0.1, 0.15) is 6.42 Å². The van der Waals surface area contributed by atoms with Gasteiger partial charge in [0.05, 0.1) is 18.8 Å². The number of carbonyl (C=O) groups excluding carboxylic acids is 1. The molecule has 0 saturated carbocycles. The van der Waals surface area contributed by atoms with Crippen molar-refractivity contribution in [3.8, 4) is 5.75 Å². The van der Waals surface area contributed by atoms with Gasteiger partial charge in [0, 0.05) is 0 Å². The van der Waals surface area contributed by atoms with Crippen LogP contribution in [0.3, 0.4) is 0 Å². The van der Waals surface area contributed by atoms with E-state index in [1.165, 1.54) is 5.06 Å². The van der Waals surface area contributed by atoms with E-state index < -0.39 is 0 Å². The Balaban J connectivity index is 1.87. The van der Waals surface area contributed by atoms with Crippen LogP contribution >= 0.6 is 0 Å². The van der Waals surface area contributed by atoms with E-state index >= 15 is 0 Å². The smallest absolute Gasteiger partial charge is 0.283 e. The fraction of sp³-hybridized carbons (Fsp3) is 0.364. The molecule has 5 nitrogen and oxygen atoms in total. The van der Waals surface area contributed by atoms with Gasteiger partial charge < -0.3 is 10.5 Å². The summed E-state index contributed by atoms with van der Waals surface area (Å²) in [5.74, 6) is 0.343. The number of hydroxylamine groups is 2. The molecule has 2 rings (SSSR count). The normalized spacial score (nSPS) is 15.1. The number of anilines is 1. The van der Waals surface area contributed by atoms with Crippen molar-refractivity contribution >= 4 is 11.6 Å². The Hall–Kier alpha value is -1.75.